The van der Waals surface area contributed by atoms with E-state index in [1.54, 1.807) is 4.90 Å². The molecule has 2 aliphatic carbocycles. The number of aliphatic carboxylic acids is 1. The van der Waals surface area contributed by atoms with Gasteiger partial charge in [0.1, 0.15) is 6.61 Å². The maximum Gasteiger partial charge on any atom is 0.407 e. The second kappa shape index (κ2) is 9.36. The highest BCUT2D eigenvalue weighted by Gasteiger charge is 2.49. The van der Waals surface area contributed by atoms with Crippen LogP contribution in [0, 0.1) is 5.41 Å². The van der Waals surface area contributed by atoms with Crippen LogP contribution in [-0.2, 0) is 14.3 Å². The van der Waals surface area contributed by atoms with Gasteiger partial charge in [-0.1, -0.05) is 55.0 Å². The molecule has 2 N–H and O–H groups in total. The number of ether oxygens (including phenoxy) is 1. The van der Waals surface area contributed by atoms with Crippen LogP contribution in [0.1, 0.15) is 62.5 Å². The van der Waals surface area contributed by atoms with Gasteiger partial charge in [-0.25, -0.2) is 4.79 Å². The van der Waals surface area contributed by atoms with E-state index < -0.39 is 17.5 Å². The molecule has 5 rings (SSSR count). The van der Waals surface area contributed by atoms with Crippen molar-refractivity contribution in [2.45, 2.75) is 63.5 Å². The summed E-state index contributed by atoms with van der Waals surface area (Å²) >= 11 is 0. The van der Waals surface area contributed by atoms with Crippen LogP contribution in [0.2, 0.25) is 0 Å². The van der Waals surface area contributed by atoms with E-state index in [4.69, 9.17) is 4.74 Å². The summed E-state index contributed by atoms with van der Waals surface area (Å²) in [6, 6.07) is 15.8. The highest BCUT2D eigenvalue weighted by atomic mass is 16.5. The largest absolute Gasteiger partial charge is 0.481 e. The Balaban J connectivity index is 1.25. The van der Waals surface area contributed by atoms with Gasteiger partial charge in [-0.3, -0.25) is 9.59 Å². The molecule has 2 amide bonds. The highest BCUT2D eigenvalue weighted by Crippen LogP contribution is 2.45. The summed E-state index contributed by atoms with van der Waals surface area (Å²) in [5, 5.41) is 12.2. The molecule has 0 radical (unpaired) electrons. The maximum absolute atomic E-state index is 13.5. The van der Waals surface area contributed by atoms with Crippen LogP contribution < -0.4 is 5.32 Å². The highest BCUT2D eigenvalue weighted by molar-refractivity contribution is 5.85. The zero-order valence-electron chi connectivity index (χ0n) is 20.0. The number of amides is 2. The third-order valence-corrected chi connectivity index (χ3v) is 8.13. The number of carbonyl (C=O) groups is 3. The van der Waals surface area contributed by atoms with E-state index in [1.165, 1.54) is 11.1 Å². The van der Waals surface area contributed by atoms with Crippen molar-refractivity contribution in [3.8, 4) is 11.1 Å². The van der Waals surface area contributed by atoms with Gasteiger partial charge in [0, 0.05) is 24.5 Å². The molecule has 3 atom stereocenters. The molecule has 0 aromatic heterocycles. The molecule has 3 aliphatic rings. The van der Waals surface area contributed by atoms with E-state index in [0.717, 1.165) is 24.0 Å². The molecular formula is C28H32N2O5. The number of hydrogen-bond donors (Lipinski definition) is 2. The number of carbonyl (C=O) groups excluding carboxylic acids is 2. The average Bonchev–Trinajstić information content (AvgIpc) is 3.54. The molecule has 184 valence electrons. The Labute approximate surface area is 205 Å². The van der Waals surface area contributed by atoms with Crippen LogP contribution in [0.4, 0.5) is 4.79 Å². The summed E-state index contributed by atoms with van der Waals surface area (Å²) in [4.78, 5) is 39.4. The lowest BCUT2D eigenvalue weighted by Gasteiger charge is -2.36. The van der Waals surface area contributed by atoms with E-state index in [0.29, 0.717) is 25.8 Å². The van der Waals surface area contributed by atoms with Crippen LogP contribution >= 0.6 is 0 Å². The van der Waals surface area contributed by atoms with E-state index >= 15 is 0 Å². The van der Waals surface area contributed by atoms with Gasteiger partial charge in [0.05, 0.1) is 11.8 Å². The number of benzene rings is 2. The lowest BCUT2D eigenvalue weighted by molar-refractivity contribution is -0.145. The molecule has 7 heteroatoms. The molecule has 35 heavy (non-hydrogen) atoms. The maximum atomic E-state index is 13.5. The van der Waals surface area contributed by atoms with Crippen LogP contribution in [0.5, 0.6) is 0 Å². The monoisotopic (exact) mass is 476 g/mol. The van der Waals surface area contributed by atoms with Crippen molar-refractivity contribution in [2.24, 2.45) is 5.41 Å². The van der Waals surface area contributed by atoms with Crippen molar-refractivity contribution >= 4 is 18.0 Å². The van der Waals surface area contributed by atoms with Crippen LogP contribution in [0.25, 0.3) is 11.1 Å². The van der Waals surface area contributed by atoms with Crippen molar-refractivity contribution in [2.75, 3.05) is 13.2 Å². The Kier molecular flexibility index (Phi) is 6.26. The number of carboxylic acids is 1. The molecule has 0 spiro atoms. The fourth-order valence-electron chi connectivity index (χ4n) is 6.28. The molecule has 2 unspecified atom stereocenters. The van der Waals surface area contributed by atoms with Gasteiger partial charge in [0.2, 0.25) is 5.91 Å². The smallest absolute Gasteiger partial charge is 0.407 e. The summed E-state index contributed by atoms with van der Waals surface area (Å²) < 4.78 is 5.72. The van der Waals surface area contributed by atoms with Crippen LogP contribution in [0.3, 0.4) is 0 Å². The number of rotatable bonds is 6. The fourth-order valence-corrected chi connectivity index (χ4v) is 6.28. The Bertz CT molecular complexity index is 1100. The summed E-state index contributed by atoms with van der Waals surface area (Å²) in [7, 11) is 0. The number of nitrogens with zero attached hydrogens (tertiary/aromatic N) is 1. The summed E-state index contributed by atoms with van der Waals surface area (Å²) in [6.07, 6.45) is 3.16. The first-order valence-corrected chi connectivity index (χ1v) is 12.5. The molecule has 1 heterocycles. The molecule has 2 aromatic rings. The standard InChI is InChI=1S/C28H32N2O5/c1-28(26(33)30-15-7-8-18(30)16-25(31)32)14-6-13-24(28)29-27(34)35-17-23-21-11-4-2-9-19(21)20-10-3-5-12-22(20)23/h2-5,9-12,18,23-24H,6-8,13-17H2,1H3,(H,29,34)(H,31,32)/t18-,24?,28?/m1/s1. The molecule has 1 aliphatic heterocycles. The predicted octanol–water partition coefficient (Wildman–Crippen LogP) is 4.55. The van der Waals surface area contributed by atoms with Crippen molar-refractivity contribution in [1.82, 2.24) is 10.2 Å². The predicted molar refractivity (Wildman–Crippen MR) is 131 cm³/mol. The van der Waals surface area contributed by atoms with Gasteiger partial charge in [0.25, 0.3) is 0 Å². The van der Waals surface area contributed by atoms with Gasteiger partial charge in [-0.15, -0.1) is 0 Å². The van der Waals surface area contributed by atoms with E-state index in [1.807, 2.05) is 31.2 Å². The Morgan fingerprint density at radius 1 is 1.03 bits per heavy atom. The van der Waals surface area contributed by atoms with Gasteiger partial charge in [0.15, 0.2) is 0 Å². The topological polar surface area (TPSA) is 95.9 Å². The van der Waals surface area contributed by atoms with E-state index in [-0.39, 0.29) is 36.9 Å². The third-order valence-electron chi connectivity index (χ3n) is 8.13. The SMILES string of the molecule is CC1(C(=O)N2CCC[C@@H]2CC(=O)O)CCCC1NC(=O)OCC1c2ccccc2-c2ccccc21. The molecular weight excluding hydrogens is 444 g/mol. The first kappa shape index (κ1) is 23.4. The van der Waals surface area contributed by atoms with Crippen molar-refractivity contribution < 1.29 is 24.2 Å². The van der Waals surface area contributed by atoms with Gasteiger partial charge >= 0.3 is 12.1 Å². The van der Waals surface area contributed by atoms with E-state index in [9.17, 15) is 19.5 Å². The van der Waals surface area contributed by atoms with Gasteiger partial charge in [-0.05, 0) is 54.9 Å². The Morgan fingerprint density at radius 3 is 2.34 bits per heavy atom. The minimum atomic E-state index is -0.889. The molecule has 2 fully saturated rings. The zero-order chi connectivity index (χ0) is 24.6. The number of carboxylic acid groups (broad SMARTS) is 1. The second-order valence-corrected chi connectivity index (χ2v) is 10.2. The third kappa shape index (κ3) is 4.28. The number of nitrogens with one attached hydrogen (secondary N) is 1. The number of hydrogen-bond acceptors (Lipinski definition) is 4. The van der Waals surface area contributed by atoms with E-state index in [2.05, 4.69) is 29.6 Å². The van der Waals surface area contributed by atoms with Crippen LogP contribution in [-0.4, -0.2) is 53.2 Å². The van der Waals surface area contributed by atoms with Gasteiger partial charge in [-0.2, -0.15) is 0 Å². The first-order valence-electron chi connectivity index (χ1n) is 12.5. The Hall–Kier alpha value is -3.35. The van der Waals surface area contributed by atoms with Crippen molar-refractivity contribution in [3.63, 3.8) is 0 Å². The van der Waals surface area contributed by atoms with Crippen LogP contribution in [0.15, 0.2) is 48.5 Å². The lowest BCUT2D eigenvalue weighted by atomic mass is 9.82. The van der Waals surface area contributed by atoms with Crippen molar-refractivity contribution in [1.29, 1.82) is 0 Å². The zero-order valence-corrected chi connectivity index (χ0v) is 20.0. The average molecular weight is 477 g/mol. The minimum Gasteiger partial charge on any atom is -0.481 e. The molecule has 7 nitrogen and oxygen atoms in total. The number of likely N-dealkylation sites (tertiary alicyclic amines) is 1. The summed E-state index contributed by atoms with van der Waals surface area (Å²) in [6.45, 7) is 2.70. The minimum absolute atomic E-state index is 0.0221. The second-order valence-electron chi connectivity index (χ2n) is 10.2. The number of alkyl carbamates (subject to hydrolysis) is 1. The molecule has 0 bridgehead atoms. The fraction of sp³-hybridized carbons (Fsp3) is 0.464. The first-order chi connectivity index (χ1) is 16.9. The Morgan fingerprint density at radius 2 is 1.69 bits per heavy atom. The normalized spacial score (nSPS) is 25.2. The quantitative estimate of drug-likeness (QED) is 0.638. The lowest BCUT2D eigenvalue weighted by Crippen LogP contribution is -2.53. The molecule has 2 aromatic carbocycles. The molecule has 1 saturated heterocycles. The summed E-state index contributed by atoms with van der Waals surface area (Å²) in [5.74, 6) is -0.964. The van der Waals surface area contributed by atoms with Crippen molar-refractivity contribution in [3.05, 3.63) is 59.7 Å². The summed E-state index contributed by atoms with van der Waals surface area (Å²) in [5.41, 5.74) is 3.90. The number of fused-ring (bicyclic) bond motifs is 3. The molecule has 1 saturated carbocycles. The van der Waals surface area contributed by atoms with Gasteiger partial charge < -0.3 is 20.1 Å².